The topological polar surface area (TPSA) is 71.4 Å². The van der Waals surface area contributed by atoms with Crippen LogP contribution in [0.3, 0.4) is 0 Å². The van der Waals surface area contributed by atoms with Crippen molar-refractivity contribution in [3.05, 3.63) is 60.4 Å². The molecule has 142 valence electrons. The summed E-state index contributed by atoms with van der Waals surface area (Å²) < 4.78 is 11.2. The first-order valence-electron chi connectivity index (χ1n) is 9.45. The van der Waals surface area contributed by atoms with Gasteiger partial charge in [0, 0.05) is 38.1 Å². The molecule has 4 heterocycles. The van der Waals surface area contributed by atoms with Crippen LogP contribution in [0.2, 0.25) is 0 Å². The third-order valence-electron chi connectivity index (χ3n) is 5.19. The molecule has 0 N–H and O–H groups in total. The highest BCUT2D eigenvalue weighted by atomic mass is 16.4. The molecule has 0 amide bonds. The summed E-state index contributed by atoms with van der Waals surface area (Å²) in [5.41, 5.74) is 1.95. The summed E-state index contributed by atoms with van der Waals surface area (Å²) >= 11 is 0. The molecule has 0 radical (unpaired) electrons. The molecule has 0 bridgehead atoms. The number of furan rings is 1. The molecule has 1 aliphatic rings. The lowest BCUT2D eigenvalue weighted by Crippen LogP contribution is -2.46. The molecule has 7 nitrogen and oxygen atoms in total. The van der Waals surface area contributed by atoms with E-state index in [1.807, 2.05) is 37.3 Å². The molecular weight excluding hydrogens is 354 g/mol. The average Bonchev–Trinajstić information content (AvgIpc) is 3.39. The number of anilines is 1. The van der Waals surface area contributed by atoms with E-state index in [0.717, 1.165) is 60.9 Å². The van der Waals surface area contributed by atoms with Gasteiger partial charge in [-0.3, -0.25) is 4.90 Å². The Labute approximate surface area is 162 Å². The van der Waals surface area contributed by atoms with Gasteiger partial charge in [-0.1, -0.05) is 12.1 Å². The molecule has 1 aromatic carbocycles. The molecule has 1 aliphatic heterocycles. The zero-order valence-electron chi connectivity index (χ0n) is 15.7. The maximum Gasteiger partial charge on any atom is 0.263 e. The van der Waals surface area contributed by atoms with Gasteiger partial charge in [0.1, 0.15) is 17.9 Å². The van der Waals surface area contributed by atoms with E-state index in [1.54, 1.807) is 12.6 Å². The number of aromatic nitrogens is 3. The summed E-state index contributed by atoms with van der Waals surface area (Å²) in [7, 11) is 0. The Bertz CT molecular complexity index is 1080. The van der Waals surface area contributed by atoms with E-state index < -0.39 is 0 Å². The molecule has 3 aromatic heterocycles. The molecule has 28 heavy (non-hydrogen) atoms. The Hall–Kier alpha value is -3.19. The van der Waals surface area contributed by atoms with Crippen molar-refractivity contribution in [2.45, 2.75) is 13.5 Å². The molecule has 1 fully saturated rings. The minimum Gasteiger partial charge on any atom is -0.459 e. The van der Waals surface area contributed by atoms with E-state index in [0.29, 0.717) is 11.7 Å². The van der Waals surface area contributed by atoms with E-state index in [-0.39, 0.29) is 0 Å². The second kappa shape index (κ2) is 7.09. The van der Waals surface area contributed by atoms with Crippen LogP contribution >= 0.6 is 0 Å². The van der Waals surface area contributed by atoms with Crippen LogP contribution < -0.4 is 4.90 Å². The molecule has 5 rings (SSSR count). The number of hydrogen-bond acceptors (Lipinski definition) is 7. The van der Waals surface area contributed by atoms with Gasteiger partial charge in [-0.05, 0) is 31.2 Å². The van der Waals surface area contributed by atoms with Crippen LogP contribution in [0, 0.1) is 6.92 Å². The maximum absolute atomic E-state index is 5.78. The summed E-state index contributed by atoms with van der Waals surface area (Å²) in [6.07, 6.45) is 3.28. The lowest BCUT2D eigenvalue weighted by atomic mass is 10.2. The fourth-order valence-corrected chi connectivity index (χ4v) is 3.65. The summed E-state index contributed by atoms with van der Waals surface area (Å²) in [6.45, 7) is 6.46. The Balaban J connectivity index is 1.28. The summed E-state index contributed by atoms with van der Waals surface area (Å²) in [5.74, 6) is 3.07. The van der Waals surface area contributed by atoms with Gasteiger partial charge in [0.2, 0.25) is 0 Å². The highest BCUT2D eigenvalue weighted by Crippen LogP contribution is 2.25. The van der Waals surface area contributed by atoms with Crippen molar-refractivity contribution in [1.29, 1.82) is 0 Å². The molecule has 0 aliphatic carbocycles. The number of hydrogen-bond donors (Lipinski definition) is 0. The second-order valence-electron chi connectivity index (χ2n) is 6.98. The predicted molar refractivity (Wildman–Crippen MR) is 106 cm³/mol. The van der Waals surface area contributed by atoms with Crippen LogP contribution in [0.1, 0.15) is 11.5 Å². The monoisotopic (exact) mass is 375 g/mol. The smallest absolute Gasteiger partial charge is 0.263 e. The molecule has 7 heteroatoms. The van der Waals surface area contributed by atoms with Gasteiger partial charge < -0.3 is 13.7 Å². The number of benzene rings is 1. The Morgan fingerprint density at radius 2 is 1.86 bits per heavy atom. The maximum atomic E-state index is 5.78. The highest BCUT2D eigenvalue weighted by molar-refractivity contribution is 5.89. The number of nitrogens with zero attached hydrogens (tertiary/aromatic N) is 5. The Morgan fingerprint density at radius 1 is 1.00 bits per heavy atom. The van der Waals surface area contributed by atoms with Gasteiger partial charge in [0.25, 0.3) is 5.89 Å². The zero-order valence-corrected chi connectivity index (χ0v) is 15.7. The normalized spacial score (nSPS) is 15.4. The molecule has 1 saturated heterocycles. The Morgan fingerprint density at radius 3 is 2.68 bits per heavy atom. The quantitative estimate of drug-likeness (QED) is 0.540. The second-order valence-corrected chi connectivity index (χ2v) is 6.98. The van der Waals surface area contributed by atoms with Crippen LogP contribution in [-0.2, 0) is 6.54 Å². The van der Waals surface area contributed by atoms with Gasteiger partial charge in [-0.15, -0.1) is 0 Å². The number of piperazine rings is 1. The number of oxazole rings is 1. The third-order valence-corrected chi connectivity index (χ3v) is 5.19. The number of fused-ring (bicyclic) bond motifs is 1. The molecule has 0 saturated carbocycles. The van der Waals surface area contributed by atoms with Gasteiger partial charge in [0.15, 0.2) is 5.76 Å². The number of para-hydroxylation sites is 1. The largest absolute Gasteiger partial charge is 0.459 e. The molecule has 0 unspecified atom stereocenters. The van der Waals surface area contributed by atoms with Crippen molar-refractivity contribution in [3.63, 3.8) is 0 Å². The number of rotatable bonds is 4. The highest BCUT2D eigenvalue weighted by Gasteiger charge is 2.22. The Kier molecular flexibility index (Phi) is 4.29. The summed E-state index contributed by atoms with van der Waals surface area (Å²) in [6, 6.07) is 11.9. The minimum atomic E-state index is 0.545. The van der Waals surface area contributed by atoms with Crippen LogP contribution in [-0.4, -0.2) is 46.0 Å². The van der Waals surface area contributed by atoms with E-state index in [9.17, 15) is 0 Å². The lowest BCUT2D eigenvalue weighted by molar-refractivity contribution is 0.246. The van der Waals surface area contributed by atoms with Crippen molar-refractivity contribution in [2.75, 3.05) is 31.1 Å². The third kappa shape index (κ3) is 3.14. The fraction of sp³-hybridized carbons (Fsp3) is 0.286. The zero-order chi connectivity index (χ0) is 18.9. The lowest BCUT2D eigenvalue weighted by Gasteiger charge is -2.35. The molecule has 4 aromatic rings. The number of aryl methyl sites for hydroxylation is 1. The van der Waals surface area contributed by atoms with Crippen molar-refractivity contribution in [2.24, 2.45) is 0 Å². The molecule has 0 atom stereocenters. The molecule has 0 spiro atoms. The standard InChI is InChI=1S/C21H21N5O2/c1-15-18(24-21(28-15)19-7-4-12-27-19)13-25-8-10-26(11-9-25)20-16-5-2-3-6-17(16)22-14-23-20/h2-7,12,14H,8-11,13H2,1H3. The van der Waals surface area contributed by atoms with E-state index in [2.05, 4.69) is 30.8 Å². The minimum absolute atomic E-state index is 0.545. The van der Waals surface area contributed by atoms with E-state index >= 15 is 0 Å². The van der Waals surface area contributed by atoms with E-state index in [1.165, 1.54) is 0 Å². The van der Waals surface area contributed by atoms with Gasteiger partial charge in [-0.25, -0.2) is 15.0 Å². The van der Waals surface area contributed by atoms with Crippen LogP contribution in [0.25, 0.3) is 22.6 Å². The summed E-state index contributed by atoms with van der Waals surface area (Å²) in [4.78, 5) is 18.3. The van der Waals surface area contributed by atoms with Gasteiger partial charge in [-0.2, -0.15) is 0 Å². The predicted octanol–water partition coefficient (Wildman–Crippen LogP) is 3.51. The first-order valence-corrected chi connectivity index (χ1v) is 9.45. The first kappa shape index (κ1) is 16.9. The van der Waals surface area contributed by atoms with Gasteiger partial charge in [0.05, 0.1) is 17.5 Å². The van der Waals surface area contributed by atoms with Crippen LogP contribution in [0.15, 0.2) is 57.8 Å². The summed E-state index contributed by atoms with van der Waals surface area (Å²) in [5, 5.41) is 1.11. The van der Waals surface area contributed by atoms with Crippen LogP contribution in [0.4, 0.5) is 5.82 Å². The van der Waals surface area contributed by atoms with Crippen LogP contribution in [0.5, 0.6) is 0 Å². The average molecular weight is 375 g/mol. The van der Waals surface area contributed by atoms with E-state index in [4.69, 9.17) is 8.83 Å². The van der Waals surface area contributed by atoms with Crippen molar-refractivity contribution in [1.82, 2.24) is 19.9 Å². The van der Waals surface area contributed by atoms with Gasteiger partial charge >= 0.3 is 0 Å². The SMILES string of the molecule is Cc1oc(-c2ccco2)nc1CN1CCN(c2ncnc3ccccc23)CC1. The molecular formula is C21H21N5O2. The first-order chi connectivity index (χ1) is 13.8. The van der Waals surface area contributed by atoms with Crippen molar-refractivity contribution < 1.29 is 8.83 Å². The van der Waals surface area contributed by atoms with Crippen molar-refractivity contribution in [3.8, 4) is 11.7 Å². The van der Waals surface area contributed by atoms with Crippen molar-refractivity contribution >= 4 is 16.7 Å². The fourth-order valence-electron chi connectivity index (χ4n) is 3.65.